The molecule has 2 saturated carbocycles. The Morgan fingerprint density at radius 2 is 1.62 bits per heavy atom. The van der Waals surface area contributed by atoms with Crippen molar-refractivity contribution >= 4 is 39.6 Å². The number of benzene rings is 1. The van der Waals surface area contributed by atoms with Gasteiger partial charge in [0, 0.05) is 28.8 Å². The maximum absolute atomic E-state index is 14.5. The number of fused-ring (bicyclic) bond motifs is 4. The summed E-state index contributed by atoms with van der Waals surface area (Å²) in [5, 5.41) is 7.99. The molecule has 42 heavy (non-hydrogen) atoms. The third-order valence-corrected chi connectivity index (χ3v) is 10.1. The van der Waals surface area contributed by atoms with Crippen LogP contribution in [0, 0.1) is 15.7 Å². The van der Waals surface area contributed by atoms with E-state index in [2.05, 4.69) is 43.8 Å². The van der Waals surface area contributed by atoms with Gasteiger partial charge in [-0.2, -0.15) is 5.10 Å². The average molecular weight is 678 g/mol. The standard InChI is InChI=1S/C34H40IN5O2/c35-33-38-30(28-22-37-40-31(28)39-33)29-21-27(17-20-36-29)34(32(41)42-23-26-11-7-4-8-12-26)18-15-24-9-5-2-1-3-6-10-25(14-13-24)16-19-34/h4,7-8,11-12,17,20-22,24-25H,1-3,5-6,9-10,13-16,18-19,23H2,(H,37,38,39,40). The van der Waals surface area contributed by atoms with E-state index < -0.39 is 5.41 Å². The summed E-state index contributed by atoms with van der Waals surface area (Å²) in [4.78, 5) is 28.4. The van der Waals surface area contributed by atoms with E-state index in [1.54, 1.807) is 6.20 Å². The van der Waals surface area contributed by atoms with Crippen LogP contribution in [0.5, 0.6) is 0 Å². The minimum atomic E-state index is -0.729. The summed E-state index contributed by atoms with van der Waals surface area (Å²) in [6.45, 7) is 0.284. The van der Waals surface area contributed by atoms with Crippen molar-refractivity contribution in [2.24, 2.45) is 11.8 Å². The normalized spacial score (nSPS) is 23.8. The molecule has 4 aromatic rings. The number of ether oxygens (including phenoxy) is 1. The molecule has 0 aliphatic heterocycles. The number of hydrogen-bond acceptors (Lipinski definition) is 6. The quantitative estimate of drug-likeness (QED) is 0.130. The molecule has 2 unspecified atom stereocenters. The number of rotatable bonds is 5. The zero-order valence-corrected chi connectivity index (χ0v) is 26.4. The number of esters is 1. The highest BCUT2D eigenvalue weighted by atomic mass is 127. The first kappa shape index (κ1) is 29.2. The maximum atomic E-state index is 14.5. The van der Waals surface area contributed by atoms with E-state index >= 15 is 0 Å². The third-order valence-electron chi connectivity index (χ3n) is 9.61. The topological polar surface area (TPSA) is 93.6 Å². The van der Waals surface area contributed by atoms with Gasteiger partial charge in [0.1, 0.15) is 12.3 Å². The van der Waals surface area contributed by atoms with Gasteiger partial charge in [0.05, 0.1) is 22.7 Å². The number of pyridine rings is 1. The van der Waals surface area contributed by atoms with E-state index in [1.165, 1.54) is 57.8 Å². The number of carbonyl (C=O) groups is 1. The lowest BCUT2D eigenvalue weighted by atomic mass is 9.71. The van der Waals surface area contributed by atoms with Gasteiger partial charge in [-0.15, -0.1) is 0 Å². The number of nitrogens with zero attached hydrogens (tertiary/aromatic N) is 4. The van der Waals surface area contributed by atoms with Gasteiger partial charge in [-0.3, -0.25) is 14.9 Å². The highest BCUT2D eigenvalue weighted by molar-refractivity contribution is 14.1. The lowest BCUT2D eigenvalue weighted by Gasteiger charge is -2.34. The predicted octanol–water partition coefficient (Wildman–Crippen LogP) is 8.33. The van der Waals surface area contributed by atoms with Crippen molar-refractivity contribution in [3.05, 3.63) is 69.8 Å². The second-order valence-corrected chi connectivity index (χ2v) is 13.2. The fourth-order valence-corrected chi connectivity index (χ4v) is 7.57. The summed E-state index contributed by atoms with van der Waals surface area (Å²) in [7, 11) is 0. The monoisotopic (exact) mass is 677 g/mol. The Balaban J connectivity index is 1.40. The van der Waals surface area contributed by atoms with E-state index in [9.17, 15) is 4.79 Å². The van der Waals surface area contributed by atoms with Gasteiger partial charge in [0.25, 0.3) is 0 Å². The number of halogens is 1. The van der Waals surface area contributed by atoms with Crippen LogP contribution in [-0.4, -0.2) is 31.1 Å². The number of nitrogens with one attached hydrogen (secondary N) is 1. The molecule has 2 atom stereocenters. The summed E-state index contributed by atoms with van der Waals surface area (Å²) in [6, 6.07) is 14.1. The molecule has 3 heterocycles. The maximum Gasteiger partial charge on any atom is 0.316 e. The van der Waals surface area contributed by atoms with Gasteiger partial charge in [0.2, 0.25) is 0 Å². The van der Waals surface area contributed by atoms with Crippen molar-refractivity contribution in [1.29, 1.82) is 0 Å². The Bertz CT molecular complexity index is 1470. The van der Waals surface area contributed by atoms with Crippen LogP contribution in [0.1, 0.15) is 94.6 Å². The highest BCUT2D eigenvalue weighted by Crippen LogP contribution is 2.44. The van der Waals surface area contributed by atoms with Crippen LogP contribution in [0.3, 0.4) is 0 Å². The molecule has 0 spiro atoms. The van der Waals surface area contributed by atoms with Crippen LogP contribution in [0.25, 0.3) is 22.4 Å². The van der Waals surface area contributed by atoms with Crippen LogP contribution < -0.4 is 0 Å². The number of carbonyl (C=O) groups excluding carboxylic acids is 1. The van der Waals surface area contributed by atoms with E-state index in [1.807, 2.05) is 42.6 Å². The molecule has 3 aromatic heterocycles. The number of H-pyrrole nitrogens is 1. The molecule has 220 valence electrons. The summed E-state index contributed by atoms with van der Waals surface area (Å²) in [6.07, 6.45) is 19.0. The van der Waals surface area contributed by atoms with Gasteiger partial charge in [-0.05, 0) is 60.8 Å². The van der Waals surface area contributed by atoms with Crippen molar-refractivity contribution in [3.63, 3.8) is 0 Å². The summed E-state index contributed by atoms with van der Waals surface area (Å²) >= 11 is 2.13. The zero-order chi connectivity index (χ0) is 28.8. The Morgan fingerprint density at radius 1 is 0.905 bits per heavy atom. The second-order valence-electron chi connectivity index (χ2n) is 12.3. The van der Waals surface area contributed by atoms with E-state index in [0.717, 1.165) is 53.6 Å². The first-order valence-corrected chi connectivity index (χ1v) is 16.7. The van der Waals surface area contributed by atoms with Crippen LogP contribution in [0.2, 0.25) is 0 Å². The van der Waals surface area contributed by atoms with E-state index in [0.29, 0.717) is 21.3 Å². The molecule has 2 aliphatic rings. The molecule has 2 aliphatic carbocycles. The van der Waals surface area contributed by atoms with E-state index in [-0.39, 0.29) is 12.6 Å². The minimum absolute atomic E-state index is 0.110. The molecule has 2 bridgehead atoms. The van der Waals surface area contributed by atoms with Crippen molar-refractivity contribution in [3.8, 4) is 11.4 Å². The molecular formula is C34H40IN5O2. The smallest absolute Gasteiger partial charge is 0.316 e. The Kier molecular flexibility index (Phi) is 9.46. The van der Waals surface area contributed by atoms with Gasteiger partial charge in [0.15, 0.2) is 9.48 Å². The van der Waals surface area contributed by atoms with E-state index in [4.69, 9.17) is 14.7 Å². The van der Waals surface area contributed by atoms with Gasteiger partial charge < -0.3 is 4.74 Å². The molecule has 0 radical (unpaired) electrons. The molecular weight excluding hydrogens is 637 g/mol. The largest absolute Gasteiger partial charge is 0.460 e. The number of aromatic nitrogens is 5. The van der Waals surface area contributed by atoms with Crippen LogP contribution >= 0.6 is 22.6 Å². The SMILES string of the molecule is O=C(OCc1ccccc1)C1(c2ccnc(-c3nc(I)nc4[nH]ncc34)c2)CCC2CCCCCCCC(CC2)CC1. The van der Waals surface area contributed by atoms with Gasteiger partial charge in [-0.1, -0.05) is 88.1 Å². The van der Waals surface area contributed by atoms with Crippen LogP contribution in [0.4, 0.5) is 0 Å². The Morgan fingerprint density at radius 3 is 2.36 bits per heavy atom. The Hall–Kier alpha value is -2.88. The van der Waals surface area contributed by atoms with Crippen molar-refractivity contribution in [2.75, 3.05) is 0 Å². The fourth-order valence-electron chi connectivity index (χ4n) is 7.09. The highest BCUT2D eigenvalue weighted by Gasteiger charge is 2.43. The molecule has 1 N–H and O–H groups in total. The number of aromatic amines is 1. The average Bonchev–Trinajstić information content (AvgIpc) is 3.50. The minimum Gasteiger partial charge on any atom is -0.460 e. The lowest BCUT2D eigenvalue weighted by Crippen LogP contribution is -2.38. The van der Waals surface area contributed by atoms with Gasteiger partial charge in [-0.25, -0.2) is 9.97 Å². The van der Waals surface area contributed by atoms with Crippen molar-refractivity contribution in [1.82, 2.24) is 25.1 Å². The summed E-state index contributed by atoms with van der Waals surface area (Å²) < 4.78 is 6.83. The molecule has 7 nitrogen and oxygen atoms in total. The first-order valence-electron chi connectivity index (χ1n) is 15.7. The summed E-state index contributed by atoms with van der Waals surface area (Å²) in [5.41, 5.74) is 3.42. The van der Waals surface area contributed by atoms with Crippen molar-refractivity contribution in [2.45, 2.75) is 95.5 Å². The third kappa shape index (κ3) is 6.68. The Labute approximate surface area is 261 Å². The first-order chi connectivity index (χ1) is 20.6. The molecule has 1 aromatic carbocycles. The molecule has 0 amide bonds. The summed E-state index contributed by atoms with van der Waals surface area (Å²) in [5.74, 6) is 1.20. The number of hydrogen-bond donors (Lipinski definition) is 1. The molecule has 6 rings (SSSR count). The zero-order valence-electron chi connectivity index (χ0n) is 24.2. The van der Waals surface area contributed by atoms with Crippen molar-refractivity contribution < 1.29 is 9.53 Å². The van der Waals surface area contributed by atoms with Crippen LogP contribution in [0.15, 0.2) is 54.9 Å². The predicted molar refractivity (Wildman–Crippen MR) is 173 cm³/mol. The van der Waals surface area contributed by atoms with Crippen LogP contribution in [-0.2, 0) is 21.6 Å². The molecule has 0 saturated heterocycles. The van der Waals surface area contributed by atoms with Gasteiger partial charge >= 0.3 is 5.97 Å². The lowest BCUT2D eigenvalue weighted by molar-refractivity contribution is -0.153. The second kappa shape index (κ2) is 13.6. The molecule has 8 heteroatoms. The fraction of sp³-hybridized carbons (Fsp3) is 0.500. The molecule has 2 fully saturated rings.